The molecule has 0 amide bonds. The van der Waals surface area contributed by atoms with Crippen LogP contribution in [0.1, 0.15) is 0 Å². The largest absolute Gasteiger partial charge is 0.381 e. The van der Waals surface area contributed by atoms with Crippen molar-refractivity contribution in [2.24, 2.45) is 0 Å². The standard InChI is InChI=1S/C11H13N3O/c1-14(2)9-5-3-4-8(6-9)10-7-11(12)13-15-10/h3-7H,1-2H3,(H2,12,13). The Morgan fingerprint density at radius 3 is 2.67 bits per heavy atom. The van der Waals surface area contributed by atoms with Gasteiger partial charge < -0.3 is 15.2 Å². The summed E-state index contributed by atoms with van der Waals surface area (Å²) in [5.74, 6) is 1.09. The number of nitrogens with two attached hydrogens (primary N) is 1. The highest BCUT2D eigenvalue weighted by atomic mass is 16.5. The van der Waals surface area contributed by atoms with Gasteiger partial charge in [-0.05, 0) is 12.1 Å². The third-order valence-corrected chi connectivity index (χ3v) is 2.18. The second kappa shape index (κ2) is 3.65. The average Bonchev–Trinajstić information content (AvgIpc) is 2.65. The molecule has 4 heteroatoms. The first-order valence-electron chi connectivity index (χ1n) is 4.67. The Bertz CT molecular complexity index is 462. The molecule has 15 heavy (non-hydrogen) atoms. The number of anilines is 2. The van der Waals surface area contributed by atoms with E-state index in [9.17, 15) is 0 Å². The molecule has 0 aliphatic carbocycles. The molecule has 0 aliphatic heterocycles. The van der Waals surface area contributed by atoms with Crippen molar-refractivity contribution in [3.05, 3.63) is 30.3 Å². The number of hydrogen-bond donors (Lipinski definition) is 1. The summed E-state index contributed by atoms with van der Waals surface area (Å²) in [5.41, 5.74) is 7.59. The van der Waals surface area contributed by atoms with E-state index in [2.05, 4.69) is 5.16 Å². The Morgan fingerprint density at radius 2 is 2.07 bits per heavy atom. The van der Waals surface area contributed by atoms with Gasteiger partial charge >= 0.3 is 0 Å². The SMILES string of the molecule is CN(C)c1cccc(-c2cc(N)no2)c1. The van der Waals surface area contributed by atoms with Gasteiger partial charge in [-0.2, -0.15) is 0 Å². The van der Waals surface area contributed by atoms with E-state index in [-0.39, 0.29) is 0 Å². The Morgan fingerprint density at radius 1 is 1.27 bits per heavy atom. The van der Waals surface area contributed by atoms with Crippen molar-refractivity contribution < 1.29 is 4.52 Å². The summed E-state index contributed by atoms with van der Waals surface area (Å²) in [7, 11) is 3.99. The zero-order valence-corrected chi connectivity index (χ0v) is 8.77. The van der Waals surface area contributed by atoms with Crippen molar-refractivity contribution in [3.63, 3.8) is 0 Å². The topological polar surface area (TPSA) is 55.3 Å². The van der Waals surface area contributed by atoms with Gasteiger partial charge in [0.25, 0.3) is 0 Å². The third kappa shape index (κ3) is 1.93. The summed E-state index contributed by atoms with van der Waals surface area (Å²) < 4.78 is 5.09. The molecule has 2 aromatic rings. The summed E-state index contributed by atoms with van der Waals surface area (Å²) in [6, 6.07) is 9.72. The second-order valence-electron chi connectivity index (χ2n) is 3.56. The zero-order chi connectivity index (χ0) is 10.8. The van der Waals surface area contributed by atoms with Crippen molar-refractivity contribution >= 4 is 11.5 Å². The van der Waals surface area contributed by atoms with Crippen LogP contribution in [0.2, 0.25) is 0 Å². The minimum Gasteiger partial charge on any atom is -0.381 e. The van der Waals surface area contributed by atoms with E-state index < -0.39 is 0 Å². The summed E-state index contributed by atoms with van der Waals surface area (Å²) >= 11 is 0. The van der Waals surface area contributed by atoms with Crippen LogP contribution < -0.4 is 10.6 Å². The van der Waals surface area contributed by atoms with Gasteiger partial charge in [0, 0.05) is 31.4 Å². The predicted octanol–water partition coefficient (Wildman–Crippen LogP) is 1.99. The molecule has 0 saturated heterocycles. The van der Waals surface area contributed by atoms with Crippen molar-refractivity contribution in [2.45, 2.75) is 0 Å². The molecule has 0 aliphatic rings. The van der Waals surface area contributed by atoms with Crippen LogP contribution in [0.5, 0.6) is 0 Å². The molecule has 0 spiro atoms. The van der Waals surface area contributed by atoms with Gasteiger partial charge in [0.1, 0.15) is 0 Å². The van der Waals surface area contributed by atoms with E-state index >= 15 is 0 Å². The first-order chi connectivity index (χ1) is 7.16. The van der Waals surface area contributed by atoms with Crippen LogP contribution in [0.25, 0.3) is 11.3 Å². The Balaban J connectivity index is 2.41. The van der Waals surface area contributed by atoms with Crippen LogP contribution >= 0.6 is 0 Å². The fraction of sp³-hybridized carbons (Fsp3) is 0.182. The quantitative estimate of drug-likeness (QED) is 0.811. The van der Waals surface area contributed by atoms with Crippen LogP contribution in [0.3, 0.4) is 0 Å². The van der Waals surface area contributed by atoms with Gasteiger partial charge in [0.05, 0.1) is 0 Å². The van der Waals surface area contributed by atoms with Crippen molar-refractivity contribution in [3.8, 4) is 11.3 Å². The Hall–Kier alpha value is -1.97. The van der Waals surface area contributed by atoms with Gasteiger partial charge in [-0.1, -0.05) is 17.3 Å². The lowest BCUT2D eigenvalue weighted by Gasteiger charge is -2.12. The molecule has 78 valence electrons. The number of nitrogen functional groups attached to an aromatic ring is 1. The molecule has 0 bridgehead atoms. The van der Waals surface area contributed by atoms with Crippen LogP contribution in [0, 0.1) is 0 Å². The highest BCUT2D eigenvalue weighted by molar-refractivity contribution is 5.65. The monoisotopic (exact) mass is 203 g/mol. The van der Waals surface area contributed by atoms with Gasteiger partial charge in [0.15, 0.2) is 11.6 Å². The summed E-state index contributed by atoms with van der Waals surface area (Å²) in [5, 5.41) is 3.66. The Kier molecular flexibility index (Phi) is 2.33. The Labute approximate surface area is 88.3 Å². The van der Waals surface area contributed by atoms with E-state index in [1.54, 1.807) is 6.07 Å². The zero-order valence-electron chi connectivity index (χ0n) is 8.77. The normalized spacial score (nSPS) is 10.3. The van der Waals surface area contributed by atoms with Crippen molar-refractivity contribution in [2.75, 3.05) is 24.7 Å². The minimum atomic E-state index is 0.403. The molecule has 0 atom stereocenters. The molecule has 2 rings (SSSR count). The number of hydrogen-bond acceptors (Lipinski definition) is 4. The molecule has 2 N–H and O–H groups in total. The second-order valence-corrected chi connectivity index (χ2v) is 3.56. The van der Waals surface area contributed by atoms with E-state index in [1.807, 2.05) is 43.3 Å². The maximum atomic E-state index is 5.50. The fourth-order valence-corrected chi connectivity index (χ4v) is 1.36. The maximum Gasteiger partial charge on any atom is 0.169 e. The molecule has 0 saturated carbocycles. The van der Waals surface area contributed by atoms with Gasteiger partial charge in [0.2, 0.25) is 0 Å². The number of rotatable bonds is 2. The molecule has 1 heterocycles. The lowest BCUT2D eigenvalue weighted by Crippen LogP contribution is -2.08. The number of aromatic nitrogens is 1. The average molecular weight is 203 g/mol. The van der Waals surface area contributed by atoms with Gasteiger partial charge in [-0.15, -0.1) is 0 Å². The van der Waals surface area contributed by atoms with Crippen molar-refractivity contribution in [1.82, 2.24) is 5.16 Å². The summed E-state index contributed by atoms with van der Waals surface area (Å²) in [6.45, 7) is 0. The third-order valence-electron chi connectivity index (χ3n) is 2.18. The summed E-state index contributed by atoms with van der Waals surface area (Å²) in [4.78, 5) is 2.03. The van der Waals surface area contributed by atoms with Crippen LogP contribution in [0.4, 0.5) is 11.5 Å². The maximum absolute atomic E-state index is 5.50. The number of benzene rings is 1. The lowest BCUT2D eigenvalue weighted by atomic mass is 10.1. The fourth-order valence-electron chi connectivity index (χ4n) is 1.36. The first kappa shape index (κ1) is 9.58. The number of nitrogens with zero attached hydrogens (tertiary/aromatic N) is 2. The predicted molar refractivity (Wildman–Crippen MR) is 60.7 cm³/mol. The molecule has 1 aromatic carbocycles. The molecule has 1 aromatic heterocycles. The van der Waals surface area contributed by atoms with Gasteiger partial charge in [-0.3, -0.25) is 0 Å². The molecular weight excluding hydrogens is 190 g/mol. The molecule has 4 nitrogen and oxygen atoms in total. The van der Waals surface area contributed by atoms with Crippen molar-refractivity contribution in [1.29, 1.82) is 0 Å². The van der Waals surface area contributed by atoms with E-state index in [0.29, 0.717) is 11.6 Å². The van der Waals surface area contributed by atoms with E-state index in [1.165, 1.54) is 0 Å². The van der Waals surface area contributed by atoms with Gasteiger partial charge in [-0.25, -0.2) is 0 Å². The van der Waals surface area contributed by atoms with Crippen LogP contribution in [-0.4, -0.2) is 19.3 Å². The van der Waals surface area contributed by atoms with Crippen LogP contribution in [0.15, 0.2) is 34.9 Å². The smallest absolute Gasteiger partial charge is 0.169 e. The molecule has 0 unspecified atom stereocenters. The molecule has 0 fully saturated rings. The van der Waals surface area contributed by atoms with Crippen LogP contribution in [-0.2, 0) is 0 Å². The minimum absolute atomic E-state index is 0.403. The summed E-state index contributed by atoms with van der Waals surface area (Å²) in [6.07, 6.45) is 0. The molecule has 0 radical (unpaired) electrons. The van der Waals surface area contributed by atoms with E-state index in [4.69, 9.17) is 10.3 Å². The highest BCUT2D eigenvalue weighted by Gasteiger charge is 2.05. The first-order valence-corrected chi connectivity index (χ1v) is 4.67. The van der Waals surface area contributed by atoms with E-state index in [0.717, 1.165) is 11.3 Å². The lowest BCUT2D eigenvalue weighted by molar-refractivity contribution is 0.436. The highest BCUT2D eigenvalue weighted by Crippen LogP contribution is 2.24. The molecular formula is C11H13N3O.